The minimum Gasteiger partial charge on any atom is -0.479 e. The first kappa shape index (κ1) is 13.8. The summed E-state index contributed by atoms with van der Waals surface area (Å²) in [5, 5.41) is 9.04. The predicted octanol–water partition coefficient (Wildman–Crippen LogP) is 1.65. The Bertz CT molecular complexity index is 354. The van der Waals surface area contributed by atoms with Crippen molar-refractivity contribution >= 4 is 11.9 Å². The van der Waals surface area contributed by atoms with Crippen LogP contribution in [0.2, 0.25) is 0 Å². The molecule has 1 fully saturated rings. The monoisotopic (exact) mass is 253 g/mol. The van der Waals surface area contributed by atoms with E-state index in [1.165, 1.54) is 0 Å². The van der Waals surface area contributed by atoms with E-state index in [0.717, 1.165) is 7.05 Å². The van der Waals surface area contributed by atoms with E-state index in [1.54, 1.807) is 13.8 Å². The van der Waals surface area contributed by atoms with E-state index < -0.39 is 23.6 Å². The van der Waals surface area contributed by atoms with Crippen molar-refractivity contribution in [2.75, 3.05) is 7.05 Å². The molecule has 98 valence electrons. The van der Waals surface area contributed by atoms with Crippen molar-refractivity contribution in [2.45, 2.75) is 38.4 Å². The highest BCUT2D eigenvalue weighted by Crippen LogP contribution is 2.51. The molecule has 0 saturated heterocycles. The van der Waals surface area contributed by atoms with E-state index in [9.17, 15) is 22.8 Å². The molecule has 0 atom stereocenters. The Hall–Kier alpha value is -1.27. The first-order valence-corrected chi connectivity index (χ1v) is 5.01. The van der Waals surface area contributed by atoms with Gasteiger partial charge in [-0.05, 0) is 18.3 Å². The summed E-state index contributed by atoms with van der Waals surface area (Å²) in [6.45, 7) is 3.50. The molecule has 1 rings (SSSR count). The molecule has 1 N–H and O–H groups in total. The molecule has 7 heteroatoms. The van der Waals surface area contributed by atoms with Gasteiger partial charge >= 0.3 is 18.1 Å². The van der Waals surface area contributed by atoms with Gasteiger partial charge in [-0.15, -0.1) is 0 Å². The van der Waals surface area contributed by atoms with Gasteiger partial charge in [0, 0.05) is 7.05 Å². The van der Waals surface area contributed by atoms with Crippen LogP contribution in [0.25, 0.3) is 0 Å². The Morgan fingerprint density at radius 3 is 1.88 bits per heavy atom. The standard InChI is InChI=1S/C10H14F3NO3/c1-8(2)4-9(5-8,7(16)17)14(3)6(15)10(11,12)13/h4-5H2,1-3H3,(H,16,17). The lowest BCUT2D eigenvalue weighted by Crippen LogP contribution is -2.67. The summed E-state index contributed by atoms with van der Waals surface area (Å²) in [6, 6.07) is 0. The van der Waals surface area contributed by atoms with E-state index in [1.807, 2.05) is 0 Å². The second kappa shape index (κ2) is 3.61. The maximum absolute atomic E-state index is 12.3. The van der Waals surface area contributed by atoms with E-state index in [2.05, 4.69) is 0 Å². The first-order valence-electron chi connectivity index (χ1n) is 5.01. The molecule has 1 saturated carbocycles. The maximum atomic E-state index is 12.3. The van der Waals surface area contributed by atoms with E-state index in [0.29, 0.717) is 4.90 Å². The minimum absolute atomic E-state index is 0.0215. The Morgan fingerprint density at radius 1 is 1.24 bits per heavy atom. The Kier molecular flexibility index (Phi) is 2.93. The molecule has 0 spiro atoms. The highest BCUT2D eigenvalue weighted by atomic mass is 19.4. The van der Waals surface area contributed by atoms with E-state index >= 15 is 0 Å². The van der Waals surface area contributed by atoms with Crippen molar-refractivity contribution in [1.29, 1.82) is 0 Å². The fourth-order valence-corrected chi connectivity index (χ4v) is 2.45. The molecule has 0 aliphatic heterocycles. The summed E-state index contributed by atoms with van der Waals surface area (Å²) >= 11 is 0. The number of carbonyl (C=O) groups excluding carboxylic acids is 1. The van der Waals surface area contributed by atoms with Gasteiger partial charge in [-0.2, -0.15) is 13.2 Å². The first-order chi connectivity index (χ1) is 7.42. The minimum atomic E-state index is -5.04. The molecule has 1 aliphatic carbocycles. The summed E-state index contributed by atoms with van der Waals surface area (Å²) in [6.07, 6.45) is -5.00. The number of rotatable bonds is 2. The normalized spacial score (nSPS) is 21.5. The van der Waals surface area contributed by atoms with Crippen molar-refractivity contribution in [3.63, 3.8) is 0 Å². The lowest BCUT2D eigenvalue weighted by molar-refractivity contribution is -0.202. The molecule has 0 bridgehead atoms. The smallest absolute Gasteiger partial charge is 0.471 e. The van der Waals surface area contributed by atoms with Crippen molar-refractivity contribution < 1.29 is 27.9 Å². The molecule has 17 heavy (non-hydrogen) atoms. The lowest BCUT2D eigenvalue weighted by Gasteiger charge is -2.54. The van der Waals surface area contributed by atoms with Crippen LogP contribution < -0.4 is 0 Å². The highest BCUT2D eigenvalue weighted by molar-refractivity contribution is 5.90. The van der Waals surface area contributed by atoms with Crippen molar-refractivity contribution in [3.8, 4) is 0 Å². The van der Waals surface area contributed by atoms with Gasteiger partial charge < -0.3 is 10.0 Å². The number of carboxylic acid groups (broad SMARTS) is 1. The molecule has 0 heterocycles. The number of amides is 1. The average molecular weight is 253 g/mol. The van der Waals surface area contributed by atoms with Crippen LogP contribution in [0.1, 0.15) is 26.7 Å². The SMILES string of the molecule is CN(C(=O)C(F)(F)F)C1(C(=O)O)CC(C)(C)C1. The second-order valence-corrected chi connectivity index (χ2v) is 5.22. The summed E-state index contributed by atoms with van der Waals surface area (Å²) in [5.41, 5.74) is -2.09. The number of aliphatic carboxylic acids is 1. The molecule has 1 amide bonds. The fraction of sp³-hybridized carbons (Fsp3) is 0.800. The number of carbonyl (C=O) groups is 2. The van der Waals surface area contributed by atoms with Crippen LogP contribution in [-0.2, 0) is 9.59 Å². The highest BCUT2D eigenvalue weighted by Gasteiger charge is 2.61. The molecule has 0 aromatic heterocycles. The molecular weight excluding hydrogens is 239 g/mol. The van der Waals surface area contributed by atoms with Crippen LogP contribution in [0.4, 0.5) is 13.2 Å². The molecule has 0 unspecified atom stereocenters. The van der Waals surface area contributed by atoms with Gasteiger partial charge in [-0.25, -0.2) is 4.79 Å². The Morgan fingerprint density at radius 2 is 1.65 bits per heavy atom. The van der Waals surface area contributed by atoms with Gasteiger partial charge in [0.25, 0.3) is 0 Å². The van der Waals surface area contributed by atoms with Crippen LogP contribution in [-0.4, -0.2) is 40.6 Å². The molecule has 0 radical (unpaired) electrons. The topological polar surface area (TPSA) is 57.6 Å². The predicted molar refractivity (Wildman–Crippen MR) is 52.2 cm³/mol. The zero-order valence-corrected chi connectivity index (χ0v) is 9.76. The molecule has 0 aromatic rings. The number of alkyl halides is 3. The number of carboxylic acids is 1. The quantitative estimate of drug-likeness (QED) is 0.814. The van der Waals surface area contributed by atoms with Gasteiger partial charge in [-0.3, -0.25) is 4.79 Å². The largest absolute Gasteiger partial charge is 0.479 e. The van der Waals surface area contributed by atoms with Crippen LogP contribution >= 0.6 is 0 Å². The third-order valence-electron chi connectivity index (χ3n) is 3.13. The fourth-order valence-electron chi connectivity index (χ4n) is 2.45. The molecule has 1 aliphatic rings. The zero-order chi connectivity index (χ0) is 13.6. The van der Waals surface area contributed by atoms with Gasteiger partial charge in [0.2, 0.25) is 0 Å². The van der Waals surface area contributed by atoms with E-state index in [4.69, 9.17) is 5.11 Å². The maximum Gasteiger partial charge on any atom is 0.471 e. The number of nitrogens with zero attached hydrogens (tertiary/aromatic N) is 1. The lowest BCUT2D eigenvalue weighted by atomic mass is 9.58. The van der Waals surface area contributed by atoms with Gasteiger partial charge in [0.1, 0.15) is 5.54 Å². The van der Waals surface area contributed by atoms with Crippen LogP contribution in [0.3, 0.4) is 0 Å². The third-order valence-corrected chi connectivity index (χ3v) is 3.13. The molecule has 0 aromatic carbocycles. The summed E-state index contributed by atoms with van der Waals surface area (Å²) in [5.74, 6) is -3.51. The molecular formula is C10H14F3NO3. The Balaban J connectivity index is 2.97. The third kappa shape index (κ3) is 2.23. The zero-order valence-electron chi connectivity index (χ0n) is 9.76. The van der Waals surface area contributed by atoms with Gasteiger partial charge in [0.15, 0.2) is 0 Å². The van der Waals surface area contributed by atoms with Crippen molar-refractivity contribution in [2.24, 2.45) is 5.41 Å². The number of hydrogen-bond donors (Lipinski definition) is 1. The summed E-state index contributed by atoms with van der Waals surface area (Å²) in [4.78, 5) is 22.5. The van der Waals surface area contributed by atoms with Gasteiger partial charge in [0.05, 0.1) is 0 Å². The molecule has 4 nitrogen and oxygen atoms in total. The second-order valence-electron chi connectivity index (χ2n) is 5.22. The van der Waals surface area contributed by atoms with Crippen LogP contribution in [0.15, 0.2) is 0 Å². The van der Waals surface area contributed by atoms with Gasteiger partial charge in [-0.1, -0.05) is 13.8 Å². The average Bonchev–Trinajstić information content (AvgIpc) is 2.09. The summed E-state index contributed by atoms with van der Waals surface area (Å²) in [7, 11) is 0.888. The number of hydrogen-bond acceptors (Lipinski definition) is 2. The summed E-state index contributed by atoms with van der Waals surface area (Å²) < 4.78 is 36.8. The number of halogens is 3. The van der Waals surface area contributed by atoms with E-state index in [-0.39, 0.29) is 18.3 Å². The van der Waals surface area contributed by atoms with Crippen LogP contribution in [0, 0.1) is 5.41 Å². The van der Waals surface area contributed by atoms with Crippen molar-refractivity contribution in [3.05, 3.63) is 0 Å². The Labute approximate surface area is 96.4 Å². The van der Waals surface area contributed by atoms with Crippen LogP contribution in [0.5, 0.6) is 0 Å². The number of likely N-dealkylation sites (N-methyl/N-ethyl adjacent to an activating group) is 1. The van der Waals surface area contributed by atoms with Crippen molar-refractivity contribution in [1.82, 2.24) is 4.90 Å².